The van der Waals surface area contributed by atoms with Crippen molar-refractivity contribution < 1.29 is 33.8 Å². The first kappa shape index (κ1) is 46.3. The zero-order valence-electron chi connectivity index (χ0n) is 34.2. The highest BCUT2D eigenvalue weighted by molar-refractivity contribution is 7.09. The van der Waals surface area contributed by atoms with Crippen LogP contribution in [-0.4, -0.2) is 83.4 Å². The number of aliphatic carboxylic acids is 1. The Bertz CT molecular complexity index is 1510. The number of alkyl carbamates (subject to hydrolysis) is 1. The summed E-state index contributed by atoms with van der Waals surface area (Å²) in [4.78, 5) is 73.0. The van der Waals surface area contributed by atoms with Gasteiger partial charge in [-0.05, 0) is 63.5 Å². The van der Waals surface area contributed by atoms with Gasteiger partial charge in [-0.3, -0.25) is 19.2 Å². The van der Waals surface area contributed by atoms with E-state index >= 15 is 0 Å². The number of thiazole rings is 1. The van der Waals surface area contributed by atoms with Gasteiger partial charge in [-0.15, -0.1) is 11.3 Å². The van der Waals surface area contributed by atoms with Gasteiger partial charge in [0, 0.05) is 49.8 Å². The van der Waals surface area contributed by atoms with E-state index in [1.807, 2.05) is 83.7 Å². The van der Waals surface area contributed by atoms with Crippen molar-refractivity contribution >= 4 is 41.0 Å². The molecule has 1 aromatic carbocycles. The Morgan fingerprint density at radius 2 is 1.63 bits per heavy atom. The molecule has 0 bridgehead atoms. The molecule has 1 heterocycles. The summed E-state index contributed by atoms with van der Waals surface area (Å²) in [6.07, 6.45) is 0.820. The molecule has 0 aliphatic rings. The molecule has 2 rings (SSSR count). The summed E-state index contributed by atoms with van der Waals surface area (Å²) in [7, 11) is 3.23. The van der Waals surface area contributed by atoms with E-state index < -0.39 is 41.4 Å². The molecule has 1 aromatic heterocycles. The fourth-order valence-corrected chi connectivity index (χ4v) is 7.70. The summed E-state index contributed by atoms with van der Waals surface area (Å²) in [5, 5.41) is 20.5. The van der Waals surface area contributed by atoms with Gasteiger partial charge in [0.05, 0.1) is 11.5 Å². The lowest BCUT2D eigenvalue weighted by atomic mass is 9.82. The van der Waals surface area contributed by atoms with Crippen LogP contribution < -0.4 is 16.0 Å². The number of hydrogen-bond acceptors (Lipinski definition) is 9. The predicted octanol–water partition coefficient (Wildman–Crippen LogP) is 6.90. The van der Waals surface area contributed by atoms with Crippen LogP contribution in [0, 0.1) is 29.1 Å². The zero-order chi connectivity index (χ0) is 40.7. The second-order valence-electron chi connectivity index (χ2n) is 15.7. The zero-order valence-corrected chi connectivity index (χ0v) is 35.0. The monoisotopic (exact) mass is 771 g/mol. The van der Waals surface area contributed by atoms with Crippen LogP contribution in [0.4, 0.5) is 4.79 Å². The van der Waals surface area contributed by atoms with Gasteiger partial charge in [0.2, 0.25) is 5.91 Å². The standard InChI is InChI=1S/C41H65N5O7S/c1-12-19-46(38(49)30(27(7)13-2)21-33(47)35(42-10)26(5)6)32(25(3)4)22-34(53-40(52)43-11)37-45-31(24-54-37)36(48)44-29(23-41(8,9)39(50)51)20-28-17-15-14-16-18-28/h14-18,24-27,29-30,32,34-35,42H,12-13,19-23H2,1-11H3,(H,43,52)(H,44,48)(H,50,51)/t27-,29-,30-,32+,34+,35+/m0/s1. The third-order valence-corrected chi connectivity index (χ3v) is 11.2. The van der Waals surface area contributed by atoms with Crippen LogP contribution in [0.15, 0.2) is 35.7 Å². The maximum atomic E-state index is 14.6. The maximum Gasteiger partial charge on any atom is 0.407 e. The van der Waals surface area contributed by atoms with E-state index in [0.717, 1.165) is 12.0 Å². The number of carboxylic acid groups (broad SMARTS) is 1. The van der Waals surface area contributed by atoms with Gasteiger partial charge in [-0.2, -0.15) is 0 Å². The topological polar surface area (TPSA) is 167 Å². The molecule has 54 heavy (non-hydrogen) atoms. The number of nitrogens with zero attached hydrogens (tertiary/aromatic N) is 2. The number of aromatic nitrogens is 1. The molecule has 0 aliphatic carbocycles. The van der Waals surface area contributed by atoms with Crippen molar-refractivity contribution in [1.82, 2.24) is 25.8 Å². The molecule has 3 amide bonds. The van der Waals surface area contributed by atoms with Crippen molar-refractivity contribution in [1.29, 1.82) is 0 Å². The van der Waals surface area contributed by atoms with E-state index in [1.54, 1.807) is 26.3 Å². The highest BCUT2D eigenvalue weighted by Crippen LogP contribution is 2.33. The number of benzene rings is 1. The van der Waals surface area contributed by atoms with Crippen LogP contribution in [0.25, 0.3) is 0 Å². The van der Waals surface area contributed by atoms with Gasteiger partial charge in [-0.25, -0.2) is 9.78 Å². The van der Waals surface area contributed by atoms with Crippen LogP contribution in [0.5, 0.6) is 0 Å². The third kappa shape index (κ3) is 13.5. The number of carbonyl (C=O) groups excluding carboxylic acids is 4. The molecule has 12 nitrogen and oxygen atoms in total. The first-order chi connectivity index (χ1) is 25.4. The van der Waals surface area contributed by atoms with Crippen molar-refractivity contribution in [3.63, 3.8) is 0 Å². The van der Waals surface area contributed by atoms with Crippen molar-refractivity contribution in [3.05, 3.63) is 52.0 Å². The van der Waals surface area contributed by atoms with Crippen molar-refractivity contribution in [2.45, 2.75) is 125 Å². The lowest BCUT2D eigenvalue weighted by molar-refractivity contribution is -0.147. The van der Waals surface area contributed by atoms with Gasteiger partial charge in [0.1, 0.15) is 10.7 Å². The molecule has 4 N–H and O–H groups in total. The summed E-state index contributed by atoms with van der Waals surface area (Å²) < 4.78 is 5.89. The molecule has 0 saturated carbocycles. The van der Waals surface area contributed by atoms with Crippen LogP contribution in [0.3, 0.4) is 0 Å². The molecule has 0 unspecified atom stereocenters. The Kier molecular flexibility index (Phi) is 18.8. The Balaban J connectivity index is 2.47. The van der Waals surface area contributed by atoms with Crippen molar-refractivity contribution in [3.8, 4) is 0 Å². The average molecular weight is 772 g/mol. The van der Waals surface area contributed by atoms with E-state index in [9.17, 15) is 29.1 Å². The second-order valence-corrected chi connectivity index (χ2v) is 16.6. The second kappa shape index (κ2) is 21.9. The first-order valence-electron chi connectivity index (χ1n) is 19.3. The van der Waals surface area contributed by atoms with Gasteiger partial charge in [-0.1, -0.05) is 85.2 Å². The minimum Gasteiger partial charge on any atom is -0.481 e. The molecule has 13 heteroatoms. The Morgan fingerprint density at radius 3 is 2.15 bits per heavy atom. The van der Waals surface area contributed by atoms with Crippen LogP contribution in [-0.2, 0) is 25.5 Å². The van der Waals surface area contributed by atoms with Crippen molar-refractivity contribution in [2.75, 3.05) is 20.6 Å². The van der Waals surface area contributed by atoms with E-state index in [4.69, 9.17) is 4.74 Å². The van der Waals surface area contributed by atoms with Gasteiger partial charge in [0.15, 0.2) is 11.9 Å². The minimum absolute atomic E-state index is 0.00986. The Labute approximate surface area is 326 Å². The number of ether oxygens (including phenoxy) is 1. The molecule has 0 spiro atoms. The number of amides is 3. The van der Waals surface area contributed by atoms with Gasteiger partial charge in [0.25, 0.3) is 5.91 Å². The quantitative estimate of drug-likeness (QED) is 0.0940. The summed E-state index contributed by atoms with van der Waals surface area (Å²) in [5.41, 5.74) is -0.0203. The Morgan fingerprint density at radius 1 is 0.981 bits per heavy atom. The Hall–Kier alpha value is -3.84. The molecular formula is C41H65N5O7S. The molecule has 0 radical (unpaired) electrons. The number of likely N-dealkylation sites (N-methyl/N-ethyl adjacent to an activating group) is 1. The number of rotatable bonds is 23. The number of ketones is 1. The van der Waals surface area contributed by atoms with E-state index in [2.05, 4.69) is 20.9 Å². The maximum absolute atomic E-state index is 14.6. The van der Waals surface area contributed by atoms with E-state index in [0.29, 0.717) is 24.4 Å². The largest absolute Gasteiger partial charge is 0.481 e. The molecule has 2 aromatic rings. The molecule has 0 aliphatic heterocycles. The highest BCUT2D eigenvalue weighted by atomic mass is 32.1. The first-order valence-corrected chi connectivity index (χ1v) is 20.2. The summed E-state index contributed by atoms with van der Waals surface area (Å²) >= 11 is 1.18. The molecule has 0 fully saturated rings. The number of carboxylic acids is 1. The third-order valence-electron chi connectivity index (χ3n) is 10.2. The minimum atomic E-state index is -1.09. The molecule has 6 atom stereocenters. The fourth-order valence-electron chi connectivity index (χ4n) is 6.86. The van der Waals surface area contributed by atoms with Crippen LogP contribution in [0.1, 0.15) is 122 Å². The number of carbonyl (C=O) groups is 5. The summed E-state index contributed by atoms with van der Waals surface area (Å²) in [5.74, 6) is -2.05. The lowest BCUT2D eigenvalue weighted by Crippen LogP contribution is -2.50. The molecule has 0 saturated heterocycles. The summed E-state index contributed by atoms with van der Waals surface area (Å²) in [6.45, 7) is 17.8. The SMILES string of the molecule is CCCN(C(=O)[C@@H](CC(=O)[C@H](NC)C(C)C)[C@@H](C)CC)[C@H](C[C@@H](OC(=O)NC)c1nc(C(=O)N[C@@H](Cc2ccccc2)CC(C)(C)C(=O)O)cs1)C(C)C. The molecular weight excluding hydrogens is 707 g/mol. The number of Topliss-reactive ketones (excluding diaryl/α,β-unsaturated/α-hetero) is 1. The van der Waals surface area contributed by atoms with Crippen molar-refractivity contribution in [2.24, 2.45) is 29.1 Å². The van der Waals surface area contributed by atoms with Crippen LogP contribution in [0.2, 0.25) is 0 Å². The normalized spacial score (nSPS) is 15.1. The highest BCUT2D eigenvalue weighted by Gasteiger charge is 2.38. The van der Waals surface area contributed by atoms with E-state index in [1.165, 1.54) is 18.4 Å². The number of nitrogens with one attached hydrogen (secondary N) is 3. The van der Waals surface area contributed by atoms with E-state index in [-0.39, 0.29) is 66.5 Å². The van der Waals surface area contributed by atoms with Gasteiger partial charge >= 0.3 is 12.1 Å². The lowest BCUT2D eigenvalue weighted by Gasteiger charge is -2.39. The molecule has 302 valence electrons. The average Bonchev–Trinajstić information content (AvgIpc) is 3.61. The number of hydrogen-bond donors (Lipinski definition) is 4. The smallest absolute Gasteiger partial charge is 0.407 e. The van der Waals surface area contributed by atoms with Gasteiger partial charge < -0.3 is 30.7 Å². The predicted molar refractivity (Wildman–Crippen MR) is 213 cm³/mol. The van der Waals surface area contributed by atoms with Crippen LogP contribution >= 0.6 is 11.3 Å². The summed E-state index contributed by atoms with van der Waals surface area (Å²) in [6, 6.07) is 8.31. The fraction of sp³-hybridized carbons (Fsp3) is 0.659.